The number of carbonyl (C=O) groups excluding carboxylic acids is 1. The van der Waals surface area contributed by atoms with Crippen LogP contribution in [0.3, 0.4) is 0 Å². The van der Waals surface area contributed by atoms with Crippen LogP contribution < -0.4 is 0 Å². The van der Waals surface area contributed by atoms with Crippen molar-refractivity contribution in [3.63, 3.8) is 0 Å². The van der Waals surface area contributed by atoms with E-state index in [0.717, 1.165) is 17.7 Å². The van der Waals surface area contributed by atoms with Gasteiger partial charge in [0.2, 0.25) is 0 Å². The van der Waals surface area contributed by atoms with E-state index in [9.17, 15) is 4.79 Å². The van der Waals surface area contributed by atoms with Crippen LogP contribution in [0.5, 0.6) is 0 Å². The molecule has 2 heteroatoms. The van der Waals surface area contributed by atoms with Gasteiger partial charge in [0.25, 0.3) is 0 Å². The second-order valence-electron chi connectivity index (χ2n) is 5.28. The average molecular weight is 287 g/mol. The molecule has 0 unspecified atom stereocenters. The quantitative estimate of drug-likeness (QED) is 0.659. The molecule has 3 rings (SSSR count). The van der Waals surface area contributed by atoms with Crippen molar-refractivity contribution in [3.8, 4) is 11.3 Å². The van der Waals surface area contributed by atoms with Gasteiger partial charge in [0.05, 0.1) is 5.69 Å². The zero-order chi connectivity index (χ0) is 15.4. The molecule has 3 aromatic rings. The van der Waals surface area contributed by atoms with Crippen molar-refractivity contribution >= 4 is 5.78 Å². The fraction of sp³-hybridized carbons (Fsp3) is 0.100. The summed E-state index contributed by atoms with van der Waals surface area (Å²) >= 11 is 0. The van der Waals surface area contributed by atoms with Crippen molar-refractivity contribution in [1.82, 2.24) is 4.98 Å². The van der Waals surface area contributed by atoms with Gasteiger partial charge < -0.3 is 0 Å². The Kier molecular flexibility index (Phi) is 4.10. The largest absolute Gasteiger partial charge is 0.293 e. The van der Waals surface area contributed by atoms with Crippen LogP contribution in [-0.4, -0.2) is 10.8 Å². The Bertz CT molecular complexity index is 794. The SMILES string of the molecule is CC(=O)c1cccc(-c2ccccc2Cc2ccccc2)n1. The van der Waals surface area contributed by atoms with E-state index in [0.29, 0.717) is 5.69 Å². The Labute approximate surface area is 130 Å². The van der Waals surface area contributed by atoms with Gasteiger partial charge in [0, 0.05) is 12.5 Å². The Morgan fingerprint density at radius 3 is 2.36 bits per heavy atom. The molecule has 0 amide bonds. The van der Waals surface area contributed by atoms with Gasteiger partial charge >= 0.3 is 0 Å². The number of hydrogen-bond donors (Lipinski definition) is 0. The van der Waals surface area contributed by atoms with Crippen LogP contribution in [0.1, 0.15) is 28.5 Å². The molecule has 0 saturated heterocycles. The van der Waals surface area contributed by atoms with Crippen molar-refractivity contribution in [3.05, 3.63) is 89.6 Å². The Balaban J connectivity index is 2.01. The first kappa shape index (κ1) is 14.2. The fourth-order valence-corrected chi connectivity index (χ4v) is 2.52. The van der Waals surface area contributed by atoms with Crippen molar-refractivity contribution < 1.29 is 4.79 Å². The predicted molar refractivity (Wildman–Crippen MR) is 88.9 cm³/mol. The second-order valence-corrected chi connectivity index (χ2v) is 5.28. The normalized spacial score (nSPS) is 10.4. The van der Waals surface area contributed by atoms with E-state index < -0.39 is 0 Å². The molecule has 0 aliphatic rings. The number of Topliss-reactive ketones (excluding diaryl/α,β-unsaturated/α-hetero) is 1. The van der Waals surface area contributed by atoms with E-state index in [4.69, 9.17) is 0 Å². The zero-order valence-electron chi connectivity index (χ0n) is 12.5. The fourth-order valence-electron chi connectivity index (χ4n) is 2.52. The lowest BCUT2D eigenvalue weighted by Gasteiger charge is -2.10. The molecule has 0 radical (unpaired) electrons. The molecule has 0 aliphatic heterocycles. The van der Waals surface area contributed by atoms with Gasteiger partial charge in [-0.05, 0) is 29.7 Å². The Hall–Kier alpha value is -2.74. The first-order valence-corrected chi connectivity index (χ1v) is 7.34. The van der Waals surface area contributed by atoms with Crippen molar-refractivity contribution in [2.45, 2.75) is 13.3 Å². The van der Waals surface area contributed by atoms with E-state index in [1.165, 1.54) is 11.1 Å². The first-order chi connectivity index (χ1) is 10.7. The molecule has 0 spiro atoms. The van der Waals surface area contributed by atoms with Crippen molar-refractivity contribution in [2.24, 2.45) is 0 Å². The summed E-state index contributed by atoms with van der Waals surface area (Å²) in [6, 6.07) is 24.2. The number of aromatic nitrogens is 1. The summed E-state index contributed by atoms with van der Waals surface area (Å²) in [5, 5.41) is 0. The van der Waals surface area contributed by atoms with Gasteiger partial charge in [0.1, 0.15) is 5.69 Å². The number of ketones is 1. The van der Waals surface area contributed by atoms with E-state index in [-0.39, 0.29) is 5.78 Å². The lowest BCUT2D eigenvalue weighted by atomic mass is 9.97. The lowest BCUT2D eigenvalue weighted by molar-refractivity contribution is 0.101. The predicted octanol–water partition coefficient (Wildman–Crippen LogP) is 4.54. The van der Waals surface area contributed by atoms with Gasteiger partial charge in [-0.3, -0.25) is 4.79 Å². The molecule has 0 fully saturated rings. The van der Waals surface area contributed by atoms with Gasteiger partial charge in [-0.2, -0.15) is 0 Å². The highest BCUT2D eigenvalue weighted by molar-refractivity contribution is 5.92. The summed E-state index contributed by atoms with van der Waals surface area (Å²) in [6.45, 7) is 1.54. The summed E-state index contributed by atoms with van der Waals surface area (Å²) in [6.07, 6.45) is 0.850. The summed E-state index contributed by atoms with van der Waals surface area (Å²) in [5.41, 5.74) is 4.90. The maximum atomic E-state index is 11.5. The number of hydrogen-bond acceptors (Lipinski definition) is 2. The van der Waals surface area contributed by atoms with E-state index in [1.807, 2.05) is 42.5 Å². The molecule has 2 aromatic carbocycles. The molecule has 2 nitrogen and oxygen atoms in total. The van der Waals surface area contributed by atoms with Crippen LogP contribution in [0.2, 0.25) is 0 Å². The standard InChI is InChI=1S/C20H17NO/c1-15(22)19-12-7-13-20(21-19)18-11-6-5-10-17(18)14-16-8-3-2-4-9-16/h2-13H,14H2,1H3. The topological polar surface area (TPSA) is 30.0 Å². The minimum atomic E-state index is -0.0117. The third-order valence-corrected chi connectivity index (χ3v) is 3.64. The molecule has 108 valence electrons. The Morgan fingerprint density at radius 1 is 0.864 bits per heavy atom. The van der Waals surface area contributed by atoms with E-state index >= 15 is 0 Å². The van der Waals surface area contributed by atoms with E-state index in [1.54, 1.807) is 13.0 Å². The van der Waals surface area contributed by atoms with Crippen LogP contribution in [0.15, 0.2) is 72.8 Å². The molecule has 0 N–H and O–H groups in total. The summed E-state index contributed by atoms with van der Waals surface area (Å²) in [4.78, 5) is 16.0. The first-order valence-electron chi connectivity index (χ1n) is 7.34. The Morgan fingerprint density at radius 2 is 1.59 bits per heavy atom. The molecule has 1 aromatic heterocycles. The highest BCUT2D eigenvalue weighted by Gasteiger charge is 2.09. The summed E-state index contributed by atoms with van der Waals surface area (Å²) in [5.74, 6) is -0.0117. The van der Waals surface area contributed by atoms with Crippen LogP contribution in [-0.2, 0) is 6.42 Å². The average Bonchev–Trinajstić information content (AvgIpc) is 2.56. The molecular formula is C20H17NO. The van der Waals surface area contributed by atoms with Gasteiger partial charge in [-0.15, -0.1) is 0 Å². The number of benzene rings is 2. The number of pyridine rings is 1. The number of rotatable bonds is 4. The number of carbonyl (C=O) groups is 1. The smallest absolute Gasteiger partial charge is 0.178 e. The van der Waals surface area contributed by atoms with Gasteiger partial charge in [-0.25, -0.2) is 4.98 Å². The molecule has 0 aliphatic carbocycles. The van der Waals surface area contributed by atoms with E-state index in [2.05, 4.69) is 29.2 Å². The third kappa shape index (κ3) is 3.12. The highest BCUT2D eigenvalue weighted by Crippen LogP contribution is 2.24. The van der Waals surface area contributed by atoms with Crippen molar-refractivity contribution in [1.29, 1.82) is 0 Å². The lowest BCUT2D eigenvalue weighted by Crippen LogP contribution is -1.99. The van der Waals surface area contributed by atoms with Crippen LogP contribution in [0.4, 0.5) is 0 Å². The molecular weight excluding hydrogens is 270 g/mol. The third-order valence-electron chi connectivity index (χ3n) is 3.64. The minimum Gasteiger partial charge on any atom is -0.293 e. The molecule has 22 heavy (non-hydrogen) atoms. The van der Waals surface area contributed by atoms with Crippen LogP contribution >= 0.6 is 0 Å². The minimum absolute atomic E-state index is 0.0117. The van der Waals surface area contributed by atoms with Crippen LogP contribution in [0, 0.1) is 0 Å². The highest BCUT2D eigenvalue weighted by atomic mass is 16.1. The maximum absolute atomic E-state index is 11.5. The molecule has 0 atom stereocenters. The summed E-state index contributed by atoms with van der Waals surface area (Å²) < 4.78 is 0. The van der Waals surface area contributed by atoms with Gasteiger partial charge in [0.15, 0.2) is 5.78 Å². The maximum Gasteiger partial charge on any atom is 0.178 e. The molecule has 0 saturated carbocycles. The zero-order valence-corrected chi connectivity index (χ0v) is 12.5. The number of nitrogens with zero attached hydrogens (tertiary/aromatic N) is 1. The second kappa shape index (κ2) is 6.35. The molecule has 0 bridgehead atoms. The molecule has 1 heterocycles. The monoisotopic (exact) mass is 287 g/mol. The van der Waals surface area contributed by atoms with Gasteiger partial charge in [-0.1, -0.05) is 60.7 Å². The van der Waals surface area contributed by atoms with Crippen LogP contribution in [0.25, 0.3) is 11.3 Å². The van der Waals surface area contributed by atoms with Crippen molar-refractivity contribution in [2.75, 3.05) is 0 Å². The summed E-state index contributed by atoms with van der Waals surface area (Å²) in [7, 11) is 0.